The molecule has 1 fully saturated rings. The Bertz CT molecular complexity index is 180. The Labute approximate surface area is 101 Å². The quantitative estimate of drug-likeness (QED) is 0.752. The van der Waals surface area contributed by atoms with E-state index in [4.69, 9.17) is 4.74 Å². The van der Waals surface area contributed by atoms with E-state index >= 15 is 0 Å². The van der Waals surface area contributed by atoms with Crippen LogP contribution in [-0.4, -0.2) is 25.3 Å². The van der Waals surface area contributed by atoms with Gasteiger partial charge < -0.3 is 10.1 Å². The molecule has 0 radical (unpaired) electrons. The van der Waals surface area contributed by atoms with Crippen LogP contribution in [0.3, 0.4) is 0 Å². The first-order valence-corrected chi connectivity index (χ1v) is 6.98. The molecule has 0 saturated heterocycles. The zero-order valence-corrected chi connectivity index (χ0v) is 11.5. The van der Waals surface area contributed by atoms with Gasteiger partial charge in [0.15, 0.2) is 0 Å². The summed E-state index contributed by atoms with van der Waals surface area (Å²) in [7, 11) is 0. The Hall–Kier alpha value is -0.0800. The van der Waals surface area contributed by atoms with Crippen molar-refractivity contribution in [3.8, 4) is 0 Å². The van der Waals surface area contributed by atoms with Crippen molar-refractivity contribution >= 4 is 0 Å². The summed E-state index contributed by atoms with van der Waals surface area (Å²) in [5, 5.41) is 3.64. The van der Waals surface area contributed by atoms with Crippen LogP contribution in [0, 0.1) is 11.8 Å². The van der Waals surface area contributed by atoms with Crippen LogP contribution >= 0.6 is 0 Å². The lowest BCUT2D eigenvalue weighted by atomic mass is 9.85. The van der Waals surface area contributed by atoms with E-state index in [1.807, 2.05) is 0 Å². The van der Waals surface area contributed by atoms with Crippen molar-refractivity contribution in [3.63, 3.8) is 0 Å². The van der Waals surface area contributed by atoms with Gasteiger partial charge in [0.05, 0.1) is 6.10 Å². The normalized spacial score (nSPS) is 30.9. The molecule has 0 amide bonds. The second kappa shape index (κ2) is 7.29. The average Bonchev–Trinajstić information content (AvgIpc) is 2.25. The van der Waals surface area contributed by atoms with Crippen LogP contribution in [0.4, 0.5) is 0 Å². The molecule has 0 spiro atoms. The van der Waals surface area contributed by atoms with E-state index in [0.717, 1.165) is 19.1 Å². The van der Waals surface area contributed by atoms with E-state index in [9.17, 15) is 0 Å². The first-order chi connectivity index (χ1) is 7.63. The first-order valence-electron chi connectivity index (χ1n) is 6.98. The highest BCUT2D eigenvalue weighted by atomic mass is 16.5. The molecular weight excluding hydrogens is 198 g/mol. The fraction of sp³-hybridized carbons (Fsp3) is 1.00. The van der Waals surface area contributed by atoms with Gasteiger partial charge in [-0.3, -0.25) is 0 Å². The smallest absolute Gasteiger partial charge is 0.0730 e. The fourth-order valence-corrected chi connectivity index (χ4v) is 2.39. The standard InChI is InChI=1S/C14H29NO/c1-5-8-15-13-7-6-12(4)9-14(13)16-10-11(2)3/h11-15H,5-10H2,1-4H3. The largest absolute Gasteiger partial charge is 0.376 e. The molecule has 2 heteroatoms. The minimum Gasteiger partial charge on any atom is -0.376 e. The molecule has 0 bridgehead atoms. The molecule has 96 valence electrons. The molecule has 0 aromatic carbocycles. The molecule has 0 aliphatic heterocycles. The minimum atomic E-state index is 0.442. The molecule has 0 aromatic heterocycles. The van der Waals surface area contributed by atoms with Crippen molar-refractivity contribution < 1.29 is 4.74 Å². The van der Waals surface area contributed by atoms with Crippen LogP contribution in [-0.2, 0) is 4.74 Å². The highest BCUT2D eigenvalue weighted by Gasteiger charge is 2.28. The Morgan fingerprint density at radius 1 is 1.31 bits per heavy atom. The van der Waals surface area contributed by atoms with Crippen LogP contribution in [0.15, 0.2) is 0 Å². The van der Waals surface area contributed by atoms with Crippen molar-refractivity contribution in [2.45, 2.75) is 65.5 Å². The van der Waals surface area contributed by atoms with E-state index in [0.29, 0.717) is 18.1 Å². The molecule has 2 nitrogen and oxygen atoms in total. The van der Waals surface area contributed by atoms with Crippen molar-refractivity contribution in [1.82, 2.24) is 5.32 Å². The maximum absolute atomic E-state index is 6.06. The van der Waals surface area contributed by atoms with Crippen molar-refractivity contribution in [1.29, 1.82) is 0 Å². The van der Waals surface area contributed by atoms with Crippen molar-refractivity contribution in [3.05, 3.63) is 0 Å². The van der Waals surface area contributed by atoms with E-state index in [1.165, 1.54) is 25.7 Å². The van der Waals surface area contributed by atoms with E-state index < -0.39 is 0 Å². The highest BCUT2D eigenvalue weighted by molar-refractivity contribution is 4.84. The van der Waals surface area contributed by atoms with Gasteiger partial charge >= 0.3 is 0 Å². The summed E-state index contributed by atoms with van der Waals surface area (Å²) >= 11 is 0. The molecule has 0 heterocycles. The van der Waals surface area contributed by atoms with Gasteiger partial charge in [-0.2, -0.15) is 0 Å². The molecule has 1 rings (SSSR count). The summed E-state index contributed by atoms with van der Waals surface area (Å²) in [6, 6.07) is 0.592. The Kier molecular flexibility index (Phi) is 6.37. The zero-order valence-electron chi connectivity index (χ0n) is 11.5. The van der Waals surface area contributed by atoms with Crippen molar-refractivity contribution in [2.75, 3.05) is 13.2 Å². The fourth-order valence-electron chi connectivity index (χ4n) is 2.39. The van der Waals surface area contributed by atoms with Crippen LogP contribution in [0.2, 0.25) is 0 Å². The minimum absolute atomic E-state index is 0.442. The summed E-state index contributed by atoms with van der Waals surface area (Å²) in [6.45, 7) is 11.0. The van der Waals surface area contributed by atoms with Crippen molar-refractivity contribution in [2.24, 2.45) is 11.8 Å². The summed E-state index contributed by atoms with van der Waals surface area (Å²) in [6.07, 6.45) is 5.52. The molecule has 3 unspecified atom stereocenters. The SMILES string of the molecule is CCCNC1CCC(C)CC1OCC(C)C. The second-order valence-electron chi connectivity index (χ2n) is 5.74. The summed E-state index contributed by atoms with van der Waals surface area (Å²) < 4.78 is 6.06. The Morgan fingerprint density at radius 2 is 2.06 bits per heavy atom. The topological polar surface area (TPSA) is 21.3 Å². The van der Waals surface area contributed by atoms with E-state index in [1.54, 1.807) is 0 Å². The lowest BCUT2D eigenvalue weighted by Crippen LogP contribution is -2.45. The van der Waals surface area contributed by atoms with E-state index in [-0.39, 0.29) is 0 Å². The highest BCUT2D eigenvalue weighted by Crippen LogP contribution is 2.26. The molecule has 1 saturated carbocycles. The van der Waals surface area contributed by atoms with E-state index in [2.05, 4.69) is 33.0 Å². The molecule has 16 heavy (non-hydrogen) atoms. The van der Waals surface area contributed by atoms with Gasteiger partial charge in [0.1, 0.15) is 0 Å². The van der Waals surface area contributed by atoms with Gasteiger partial charge in [-0.15, -0.1) is 0 Å². The third kappa shape index (κ3) is 4.84. The lowest BCUT2D eigenvalue weighted by molar-refractivity contribution is -0.0189. The summed E-state index contributed by atoms with van der Waals surface area (Å²) in [5.74, 6) is 1.47. The number of hydrogen-bond acceptors (Lipinski definition) is 2. The Balaban J connectivity index is 2.38. The van der Waals surface area contributed by atoms with Gasteiger partial charge in [0, 0.05) is 12.6 Å². The lowest BCUT2D eigenvalue weighted by Gasteiger charge is -2.35. The number of rotatable bonds is 6. The van der Waals surface area contributed by atoms with Gasteiger partial charge in [-0.25, -0.2) is 0 Å². The molecule has 1 N–H and O–H groups in total. The molecular formula is C14H29NO. The predicted octanol–water partition coefficient (Wildman–Crippen LogP) is 3.22. The van der Waals surface area contributed by atoms with Gasteiger partial charge in [-0.05, 0) is 44.1 Å². The number of hydrogen-bond donors (Lipinski definition) is 1. The van der Waals surface area contributed by atoms with Gasteiger partial charge in [0.25, 0.3) is 0 Å². The molecule has 1 aliphatic carbocycles. The van der Waals surface area contributed by atoms with Gasteiger partial charge in [0.2, 0.25) is 0 Å². The number of nitrogens with one attached hydrogen (secondary N) is 1. The molecule has 3 atom stereocenters. The van der Waals surface area contributed by atoms with Crippen LogP contribution < -0.4 is 5.32 Å². The number of ether oxygens (including phenoxy) is 1. The third-order valence-electron chi connectivity index (χ3n) is 3.35. The third-order valence-corrected chi connectivity index (χ3v) is 3.35. The summed E-state index contributed by atoms with van der Waals surface area (Å²) in [4.78, 5) is 0. The van der Waals surface area contributed by atoms with Crippen LogP contribution in [0.25, 0.3) is 0 Å². The van der Waals surface area contributed by atoms with Crippen LogP contribution in [0.1, 0.15) is 53.4 Å². The monoisotopic (exact) mass is 227 g/mol. The predicted molar refractivity (Wildman–Crippen MR) is 69.7 cm³/mol. The first kappa shape index (κ1) is 14.0. The maximum Gasteiger partial charge on any atom is 0.0730 e. The second-order valence-corrected chi connectivity index (χ2v) is 5.74. The molecule has 0 aromatic rings. The van der Waals surface area contributed by atoms with Gasteiger partial charge in [-0.1, -0.05) is 27.7 Å². The molecule has 1 aliphatic rings. The Morgan fingerprint density at radius 3 is 2.69 bits per heavy atom. The summed E-state index contributed by atoms with van der Waals surface area (Å²) in [5.41, 5.74) is 0. The average molecular weight is 227 g/mol. The zero-order chi connectivity index (χ0) is 12.0. The maximum atomic E-state index is 6.06. The van der Waals surface area contributed by atoms with Crippen LogP contribution in [0.5, 0.6) is 0 Å².